The van der Waals surface area contributed by atoms with Gasteiger partial charge in [-0.3, -0.25) is 4.79 Å². The molecule has 1 N–H and O–H groups in total. The van der Waals surface area contributed by atoms with Crippen LogP contribution in [-0.4, -0.2) is 45.9 Å². The Kier molecular flexibility index (Phi) is 3.81. The molecular formula is C17H17N3O4S. The van der Waals surface area contributed by atoms with Gasteiger partial charge in [-0.1, -0.05) is 30.3 Å². The maximum Gasteiger partial charge on any atom is 0.308 e. The number of aliphatic carboxylic acids is 1. The van der Waals surface area contributed by atoms with Gasteiger partial charge < -0.3 is 5.11 Å². The Bertz CT molecular complexity index is 899. The molecule has 0 amide bonds. The number of rotatable bonds is 4. The first-order valence-electron chi connectivity index (χ1n) is 8.12. The van der Waals surface area contributed by atoms with Crippen LogP contribution >= 0.6 is 0 Å². The van der Waals surface area contributed by atoms with Gasteiger partial charge in [0.2, 0.25) is 10.0 Å². The molecule has 25 heavy (non-hydrogen) atoms. The molecule has 8 heteroatoms. The largest absolute Gasteiger partial charge is 0.481 e. The van der Waals surface area contributed by atoms with Crippen LogP contribution in [-0.2, 0) is 14.8 Å². The highest BCUT2D eigenvalue weighted by atomic mass is 32.2. The normalized spacial score (nSPS) is 26.0. The zero-order valence-corrected chi connectivity index (χ0v) is 14.1. The summed E-state index contributed by atoms with van der Waals surface area (Å²) in [6, 6.07) is 8.58. The van der Waals surface area contributed by atoms with E-state index in [9.17, 15) is 18.3 Å². The molecule has 2 fully saturated rings. The van der Waals surface area contributed by atoms with Crippen molar-refractivity contribution in [3.8, 4) is 11.4 Å². The topological polar surface area (TPSA) is 100 Å². The molecule has 2 aliphatic rings. The Morgan fingerprint density at radius 3 is 2.40 bits per heavy atom. The van der Waals surface area contributed by atoms with Crippen molar-refractivity contribution < 1.29 is 18.3 Å². The maximum atomic E-state index is 13.0. The van der Waals surface area contributed by atoms with Gasteiger partial charge in [-0.2, -0.15) is 4.31 Å². The van der Waals surface area contributed by atoms with Crippen molar-refractivity contribution in [2.24, 2.45) is 5.92 Å². The third kappa shape index (κ3) is 2.61. The number of benzene rings is 1. The van der Waals surface area contributed by atoms with Gasteiger partial charge in [-0.15, -0.1) is 0 Å². The van der Waals surface area contributed by atoms with E-state index in [0.717, 1.165) is 5.56 Å². The molecule has 3 heterocycles. The fraction of sp³-hybridized carbons (Fsp3) is 0.353. The maximum absolute atomic E-state index is 13.0. The zero-order chi connectivity index (χ0) is 17.6. The molecular weight excluding hydrogens is 342 g/mol. The highest BCUT2D eigenvalue weighted by Crippen LogP contribution is 2.44. The molecule has 0 radical (unpaired) electrons. The third-order valence-electron chi connectivity index (χ3n) is 5.03. The number of carboxylic acids is 1. The molecule has 2 bridgehead atoms. The van der Waals surface area contributed by atoms with E-state index in [0.29, 0.717) is 25.1 Å². The lowest BCUT2D eigenvalue weighted by Gasteiger charge is -2.22. The van der Waals surface area contributed by atoms with Crippen LogP contribution < -0.4 is 0 Å². The summed E-state index contributed by atoms with van der Waals surface area (Å²) in [4.78, 5) is 19.7. The summed E-state index contributed by atoms with van der Waals surface area (Å²) >= 11 is 0. The highest BCUT2D eigenvalue weighted by molar-refractivity contribution is 7.89. The molecule has 1 aromatic carbocycles. The minimum absolute atomic E-state index is 0.00937. The van der Waals surface area contributed by atoms with E-state index >= 15 is 0 Å². The Balaban J connectivity index is 1.64. The number of hydrogen-bond donors (Lipinski definition) is 1. The summed E-state index contributed by atoms with van der Waals surface area (Å²) in [5.41, 5.74) is 0.804. The molecule has 0 spiro atoms. The molecule has 7 nitrogen and oxygen atoms in total. The van der Waals surface area contributed by atoms with Gasteiger partial charge in [0.25, 0.3) is 0 Å². The van der Waals surface area contributed by atoms with Gasteiger partial charge in [-0.05, 0) is 19.3 Å². The number of carbonyl (C=O) groups is 1. The second-order valence-corrected chi connectivity index (χ2v) is 8.27. The van der Waals surface area contributed by atoms with Crippen LogP contribution in [0.25, 0.3) is 11.4 Å². The predicted molar refractivity (Wildman–Crippen MR) is 89.0 cm³/mol. The smallest absolute Gasteiger partial charge is 0.308 e. The van der Waals surface area contributed by atoms with Gasteiger partial charge in [0, 0.05) is 17.6 Å². The van der Waals surface area contributed by atoms with Gasteiger partial charge in [0.05, 0.1) is 18.3 Å². The summed E-state index contributed by atoms with van der Waals surface area (Å²) < 4.78 is 27.3. The first-order valence-corrected chi connectivity index (χ1v) is 9.56. The molecule has 4 rings (SSSR count). The number of nitrogens with zero attached hydrogens (tertiary/aromatic N) is 3. The zero-order valence-electron chi connectivity index (χ0n) is 13.3. The summed E-state index contributed by atoms with van der Waals surface area (Å²) in [6.07, 6.45) is 4.28. The van der Waals surface area contributed by atoms with Gasteiger partial charge in [-0.25, -0.2) is 18.4 Å². The molecule has 0 saturated carbocycles. The Labute approximate surface area is 145 Å². The van der Waals surface area contributed by atoms with Crippen molar-refractivity contribution in [3.05, 3.63) is 42.7 Å². The second-order valence-electron chi connectivity index (χ2n) is 6.42. The first kappa shape index (κ1) is 16.2. The summed E-state index contributed by atoms with van der Waals surface area (Å²) in [6.45, 7) is 0. The number of sulfonamides is 1. The van der Waals surface area contributed by atoms with E-state index in [1.165, 1.54) is 16.7 Å². The molecule has 3 unspecified atom stereocenters. The summed E-state index contributed by atoms with van der Waals surface area (Å²) in [5, 5.41) is 9.31. The Morgan fingerprint density at radius 2 is 1.80 bits per heavy atom. The van der Waals surface area contributed by atoms with E-state index < -0.39 is 28.0 Å². The van der Waals surface area contributed by atoms with Crippen molar-refractivity contribution in [2.75, 3.05) is 0 Å². The van der Waals surface area contributed by atoms with Crippen molar-refractivity contribution >= 4 is 16.0 Å². The minimum atomic E-state index is -3.79. The minimum Gasteiger partial charge on any atom is -0.481 e. The molecule has 0 aliphatic carbocycles. The first-order chi connectivity index (χ1) is 12.0. The second kappa shape index (κ2) is 5.89. The van der Waals surface area contributed by atoms with Crippen LogP contribution in [0, 0.1) is 5.92 Å². The molecule has 3 atom stereocenters. The molecule has 2 aromatic rings. The standard InChI is InChI=1S/C17H17N3O4S/c21-17(22)14-8-12-6-7-15(14)20(12)25(23,24)13-9-18-16(19-10-13)11-4-2-1-3-5-11/h1-5,9-10,12,14-15H,6-8H2,(H,21,22). The van der Waals surface area contributed by atoms with E-state index in [1.54, 1.807) is 0 Å². The number of aromatic nitrogens is 2. The number of hydrogen-bond acceptors (Lipinski definition) is 5. The van der Waals surface area contributed by atoms with Gasteiger partial charge >= 0.3 is 5.97 Å². The van der Waals surface area contributed by atoms with Crippen molar-refractivity contribution in [2.45, 2.75) is 36.2 Å². The lowest BCUT2D eigenvalue weighted by Crippen LogP contribution is -2.37. The number of fused-ring (bicyclic) bond motifs is 2. The average Bonchev–Trinajstić information content (AvgIpc) is 3.22. The molecule has 2 aliphatic heterocycles. The van der Waals surface area contributed by atoms with E-state index in [2.05, 4.69) is 9.97 Å². The third-order valence-corrected chi connectivity index (χ3v) is 6.96. The molecule has 130 valence electrons. The van der Waals surface area contributed by atoms with Crippen LogP contribution in [0.5, 0.6) is 0 Å². The molecule has 2 saturated heterocycles. The van der Waals surface area contributed by atoms with E-state index in [1.807, 2.05) is 30.3 Å². The number of carboxylic acid groups (broad SMARTS) is 1. The fourth-order valence-electron chi connectivity index (χ4n) is 3.89. The summed E-state index contributed by atoms with van der Waals surface area (Å²) in [5.74, 6) is -1.10. The lowest BCUT2D eigenvalue weighted by atomic mass is 9.89. The Hall–Kier alpha value is -2.32. The van der Waals surface area contributed by atoms with Crippen LogP contribution in [0.3, 0.4) is 0 Å². The quantitative estimate of drug-likeness (QED) is 0.893. The highest BCUT2D eigenvalue weighted by Gasteiger charge is 2.54. The van der Waals surface area contributed by atoms with Crippen LogP contribution in [0.2, 0.25) is 0 Å². The van der Waals surface area contributed by atoms with E-state index in [4.69, 9.17) is 0 Å². The van der Waals surface area contributed by atoms with Gasteiger partial charge in [0.1, 0.15) is 4.90 Å². The monoisotopic (exact) mass is 359 g/mol. The van der Waals surface area contributed by atoms with Crippen molar-refractivity contribution in [1.82, 2.24) is 14.3 Å². The summed E-state index contributed by atoms with van der Waals surface area (Å²) in [7, 11) is -3.79. The van der Waals surface area contributed by atoms with Crippen molar-refractivity contribution in [1.29, 1.82) is 0 Å². The average molecular weight is 359 g/mol. The van der Waals surface area contributed by atoms with Crippen molar-refractivity contribution in [3.63, 3.8) is 0 Å². The fourth-order valence-corrected chi connectivity index (χ4v) is 5.69. The van der Waals surface area contributed by atoms with Gasteiger partial charge in [0.15, 0.2) is 5.82 Å². The van der Waals surface area contributed by atoms with Crippen LogP contribution in [0.15, 0.2) is 47.6 Å². The lowest BCUT2D eigenvalue weighted by molar-refractivity contribution is -0.142. The van der Waals surface area contributed by atoms with Crippen LogP contribution in [0.1, 0.15) is 19.3 Å². The molecule has 1 aromatic heterocycles. The van der Waals surface area contributed by atoms with Crippen LogP contribution in [0.4, 0.5) is 0 Å². The predicted octanol–water partition coefficient (Wildman–Crippen LogP) is 1.77. The van der Waals surface area contributed by atoms with E-state index in [-0.39, 0.29) is 10.9 Å². The Morgan fingerprint density at radius 1 is 1.12 bits per heavy atom. The SMILES string of the molecule is O=C(O)C1CC2CCC1N2S(=O)(=O)c1cnc(-c2ccccc2)nc1.